The summed E-state index contributed by atoms with van der Waals surface area (Å²) in [5.74, 6) is 2.04. The third-order valence-corrected chi connectivity index (χ3v) is 4.88. The lowest BCUT2D eigenvalue weighted by molar-refractivity contribution is -0.123. The highest BCUT2D eigenvalue weighted by molar-refractivity contribution is 5.82. The molecule has 1 saturated heterocycles. The van der Waals surface area contributed by atoms with Crippen LogP contribution in [0, 0.1) is 17.8 Å². The zero-order valence-electron chi connectivity index (χ0n) is 11.8. The molecule has 2 heterocycles. The number of rotatable bonds is 4. The summed E-state index contributed by atoms with van der Waals surface area (Å²) in [7, 11) is 1.90. The van der Waals surface area contributed by atoms with Gasteiger partial charge in [0.05, 0.1) is 12.2 Å². The number of amides is 1. The fourth-order valence-corrected chi connectivity index (χ4v) is 3.50. The molecule has 2 aliphatic carbocycles. The Balaban J connectivity index is 1.38. The van der Waals surface area contributed by atoms with Crippen LogP contribution in [0.5, 0.6) is 0 Å². The van der Waals surface area contributed by atoms with E-state index in [2.05, 4.69) is 10.4 Å². The first-order chi connectivity index (χ1) is 9.72. The van der Waals surface area contributed by atoms with E-state index in [4.69, 9.17) is 4.74 Å². The predicted octanol–water partition coefficient (Wildman–Crippen LogP) is 1.41. The van der Waals surface area contributed by atoms with Crippen molar-refractivity contribution < 1.29 is 9.53 Å². The normalized spacial score (nSPS) is 36.0. The summed E-state index contributed by atoms with van der Waals surface area (Å²) in [5, 5.41) is 7.40. The molecule has 108 valence electrons. The summed E-state index contributed by atoms with van der Waals surface area (Å²) < 4.78 is 7.56. The van der Waals surface area contributed by atoms with Gasteiger partial charge in [0.2, 0.25) is 5.91 Å². The van der Waals surface area contributed by atoms with E-state index >= 15 is 0 Å². The summed E-state index contributed by atoms with van der Waals surface area (Å²) in [4.78, 5) is 12.3. The maximum Gasteiger partial charge on any atom is 0.223 e. The lowest BCUT2D eigenvalue weighted by Gasteiger charge is -2.18. The molecule has 1 aliphatic heterocycles. The van der Waals surface area contributed by atoms with Crippen molar-refractivity contribution in [2.45, 2.75) is 37.8 Å². The van der Waals surface area contributed by atoms with Crippen LogP contribution in [-0.4, -0.2) is 28.3 Å². The maximum absolute atomic E-state index is 12.3. The molecule has 3 fully saturated rings. The summed E-state index contributed by atoms with van der Waals surface area (Å²) in [6, 6.07) is 0.104. The number of carbonyl (C=O) groups excluding carboxylic acids is 1. The van der Waals surface area contributed by atoms with Crippen molar-refractivity contribution in [3.63, 3.8) is 0 Å². The molecule has 1 N–H and O–H groups in total. The Hall–Kier alpha value is -1.36. The van der Waals surface area contributed by atoms with Gasteiger partial charge in [-0.2, -0.15) is 5.10 Å². The first-order valence-electron chi connectivity index (χ1n) is 7.63. The van der Waals surface area contributed by atoms with Gasteiger partial charge in [0.25, 0.3) is 0 Å². The number of carbonyl (C=O) groups is 1. The SMILES string of the molecule is Cn1cc([C@H]2OCC[C@@H]2NC(=O)[C@H]2C[C@@H]2C2CC2)cn1. The Bertz CT molecular complexity index is 523. The van der Waals surface area contributed by atoms with Gasteiger partial charge in [0.1, 0.15) is 6.10 Å². The van der Waals surface area contributed by atoms with Crippen molar-refractivity contribution in [3.05, 3.63) is 18.0 Å². The standard InChI is InChI=1S/C15H21N3O2/c1-18-8-10(7-16-18)14-13(4-5-20-14)17-15(19)12-6-11(12)9-2-3-9/h7-9,11-14H,2-6H2,1H3,(H,17,19)/t11-,12+,13+,14-/m1/s1. The minimum Gasteiger partial charge on any atom is -0.371 e. The molecule has 1 aromatic rings. The van der Waals surface area contributed by atoms with E-state index in [1.807, 2.05) is 19.4 Å². The zero-order valence-corrected chi connectivity index (χ0v) is 11.8. The molecule has 3 aliphatic rings. The average Bonchev–Trinajstić information content (AvgIpc) is 3.30. The van der Waals surface area contributed by atoms with E-state index < -0.39 is 0 Å². The molecule has 0 spiro atoms. The highest BCUT2D eigenvalue weighted by Gasteiger charge is 2.51. The first kappa shape index (κ1) is 12.4. The third kappa shape index (κ3) is 2.24. The molecule has 2 saturated carbocycles. The van der Waals surface area contributed by atoms with Crippen molar-refractivity contribution in [3.8, 4) is 0 Å². The average molecular weight is 275 g/mol. The van der Waals surface area contributed by atoms with Gasteiger partial charge < -0.3 is 10.1 Å². The third-order valence-electron chi connectivity index (χ3n) is 4.88. The Kier molecular flexibility index (Phi) is 2.84. The second-order valence-corrected chi connectivity index (χ2v) is 6.49. The second-order valence-electron chi connectivity index (χ2n) is 6.49. The molecule has 4 rings (SSSR count). The van der Waals surface area contributed by atoms with Gasteiger partial charge in [-0.3, -0.25) is 9.48 Å². The Morgan fingerprint density at radius 2 is 2.30 bits per heavy atom. The van der Waals surface area contributed by atoms with Crippen molar-refractivity contribution in [1.82, 2.24) is 15.1 Å². The molecule has 0 aromatic carbocycles. The molecule has 5 heteroatoms. The first-order valence-corrected chi connectivity index (χ1v) is 7.63. The minimum atomic E-state index is -0.0363. The fourth-order valence-electron chi connectivity index (χ4n) is 3.50. The lowest BCUT2D eigenvalue weighted by atomic mass is 10.0. The number of nitrogens with one attached hydrogen (secondary N) is 1. The number of aryl methyl sites for hydroxylation is 1. The number of ether oxygens (including phenoxy) is 1. The molecule has 1 aromatic heterocycles. The highest BCUT2D eigenvalue weighted by atomic mass is 16.5. The van der Waals surface area contributed by atoms with Gasteiger partial charge in [0.15, 0.2) is 0 Å². The topological polar surface area (TPSA) is 56.1 Å². The Morgan fingerprint density at radius 1 is 1.45 bits per heavy atom. The summed E-state index contributed by atoms with van der Waals surface area (Å²) >= 11 is 0. The molecule has 5 nitrogen and oxygen atoms in total. The second kappa shape index (κ2) is 4.58. The van der Waals surface area contributed by atoms with Crippen LogP contribution in [-0.2, 0) is 16.6 Å². The van der Waals surface area contributed by atoms with Crippen LogP contribution in [0.2, 0.25) is 0 Å². The fraction of sp³-hybridized carbons (Fsp3) is 0.733. The van der Waals surface area contributed by atoms with Crippen LogP contribution in [0.3, 0.4) is 0 Å². The summed E-state index contributed by atoms with van der Waals surface area (Å²) in [5.41, 5.74) is 1.06. The smallest absolute Gasteiger partial charge is 0.223 e. The van der Waals surface area contributed by atoms with Crippen molar-refractivity contribution in [1.29, 1.82) is 0 Å². The molecule has 0 bridgehead atoms. The summed E-state index contributed by atoms with van der Waals surface area (Å²) in [6.07, 6.45) is 8.43. The monoisotopic (exact) mass is 275 g/mol. The van der Waals surface area contributed by atoms with Crippen molar-refractivity contribution in [2.75, 3.05) is 6.61 Å². The quantitative estimate of drug-likeness (QED) is 0.904. The summed E-state index contributed by atoms with van der Waals surface area (Å²) in [6.45, 7) is 0.710. The largest absolute Gasteiger partial charge is 0.371 e. The number of aromatic nitrogens is 2. The predicted molar refractivity (Wildman–Crippen MR) is 72.8 cm³/mol. The van der Waals surface area contributed by atoms with Gasteiger partial charge in [-0.25, -0.2) is 0 Å². The zero-order chi connectivity index (χ0) is 13.7. The van der Waals surface area contributed by atoms with Crippen molar-refractivity contribution in [2.24, 2.45) is 24.8 Å². The highest BCUT2D eigenvalue weighted by Crippen LogP contribution is 2.54. The number of hydrogen-bond acceptors (Lipinski definition) is 3. The lowest BCUT2D eigenvalue weighted by Crippen LogP contribution is -2.38. The van der Waals surface area contributed by atoms with E-state index in [1.165, 1.54) is 12.8 Å². The molecular formula is C15H21N3O2. The molecule has 20 heavy (non-hydrogen) atoms. The van der Waals surface area contributed by atoms with Crippen LogP contribution in [0.1, 0.15) is 37.4 Å². The van der Waals surface area contributed by atoms with E-state index in [0.717, 1.165) is 24.3 Å². The van der Waals surface area contributed by atoms with Crippen LogP contribution in [0.25, 0.3) is 0 Å². The number of hydrogen-bond donors (Lipinski definition) is 1. The van der Waals surface area contributed by atoms with Gasteiger partial charge in [-0.05, 0) is 37.5 Å². The molecule has 0 radical (unpaired) electrons. The van der Waals surface area contributed by atoms with Gasteiger partial charge in [-0.15, -0.1) is 0 Å². The molecule has 1 amide bonds. The van der Waals surface area contributed by atoms with Gasteiger partial charge >= 0.3 is 0 Å². The van der Waals surface area contributed by atoms with Crippen molar-refractivity contribution >= 4 is 5.91 Å². The maximum atomic E-state index is 12.3. The molecule has 0 unspecified atom stereocenters. The van der Waals surface area contributed by atoms with E-state index in [9.17, 15) is 4.79 Å². The Labute approximate surface area is 118 Å². The molecule has 4 atom stereocenters. The molecular weight excluding hydrogens is 254 g/mol. The van der Waals surface area contributed by atoms with E-state index in [1.54, 1.807) is 4.68 Å². The van der Waals surface area contributed by atoms with E-state index in [-0.39, 0.29) is 24.0 Å². The van der Waals surface area contributed by atoms with Crippen LogP contribution in [0.15, 0.2) is 12.4 Å². The van der Waals surface area contributed by atoms with Crippen LogP contribution < -0.4 is 5.32 Å². The van der Waals surface area contributed by atoms with Gasteiger partial charge in [-0.1, -0.05) is 0 Å². The Morgan fingerprint density at radius 3 is 3.00 bits per heavy atom. The minimum absolute atomic E-state index is 0.0363. The van der Waals surface area contributed by atoms with Crippen LogP contribution >= 0.6 is 0 Å². The van der Waals surface area contributed by atoms with Crippen LogP contribution in [0.4, 0.5) is 0 Å². The number of nitrogens with zero attached hydrogens (tertiary/aromatic N) is 2. The van der Waals surface area contributed by atoms with E-state index in [0.29, 0.717) is 12.5 Å². The van der Waals surface area contributed by atoms with Gasteiger partial charge in [0, 0.05) is 31.3 Å².